The van der Waals surface area contributed by atoms with Crippen molar-refractivity contribution in [2.24, 2.45) is 0 Å². The zero-order chi connectivity index (χ0) is 10.1. The molecule has 74 valence electrons. The fourth-order valence-electron chi connectivity index (χ4n) is 0.550. The van der Waals surface area contributed by atoms with Crippen molar-refractivity contribution in [3.8, 4) is 0 Å². The fourth-order valence-corrected chi connectivity index (χ4v) is 0.965. The van der Waals surface area contributed by atoms with Crippen molar-refractivity contribution >= 4 is 22.7 Å². The largest absolute Gasteiger partial charge is 0.319 e. The molecule has 0 saturated heterocycles. The van der Waals surface area contributed by atoms with Gasteiger partial charge in [-0.1, -0.05) is 18.2 Å². The molecule has 0 spiro atoms. The van der Waals surface area contributed by atoms with Crippen molar-refractivity contribution in [2.75, 3.05) is 13.4 Å². The SMILES string of the molecule is COSC.O=[SH](=O)c1ccccc1. The van der Waals surface area contributed by atoms with E-state index in [9.17, 15) is 8.42 Å². The van der Waals surface area contributed by atoms with Crippen LogP contribution in [0.4, 0.5) is 0 Å². The summed E-state index contributed by atoms with van der Waals surface area (Å²) in [7, 11) is -0.752. The first-order valence-electron chi connectivity index (χ1n) is 3.48. The van der Waals surface area contributed by atoms with Gasteiger partial charge in [-0.2, -0.15) is 0 Å². The van der Waals surface area contributed by atoms with Crippen LogP contribution in [0.3, 0.4) is 0 Å². The molecule has 0 aliphatic carbocycles. The van der Waals surface area contributed by atoms with Crippen LogP contribution in [0.15, 0.2) is 35.2 Å². The minimum atomic E-state index is -2.40. The predicted octanol–water partition coefficient (Wildman–Crippen LogP) is 1.57. The molecule has 13 heavy (non-hydrogen) atoms. The van der Waals surface area contributed by atoms with Gasteiger partial charge >= 0.3 is 0 Å². The van der Waals surface area contributed by atoms with E-state index in [-0.39, 0.29) is 0 Å². The van der Waals surface area contributed by atoms with E-state index < -0.39 is 10.7 Å². The van der Waals surface area contributed by atoms with E-state index in [0.717, 1.165) is 0 Å². The van der Waals surface area contributed by atoms with E-state index in [1.54, 1.807) is 37.4 Å². The number of hydrogen-bond donors (Lipinski definition) is 1. The maximum atomic E-state index is 10.2. The lowest BCUT2D eigenvalue weighted by Gasteiger charge is -1.83. The summed E-state index contributed by atoms with van der Waals surface area (Å²) in [6.07, 6.45) is 1.88. The van der Waals surface area contributed by atoms with Crippen molar-refractivity contribution in [3.05, 3.63) is 30.3 Å². The van der Waals surface area contributed by atoms with Crippen molar-refractivity contribution in [2.45, 2.75) is 4.90 Å². The van der Waals surface area contributed by atoms with E-state index in [0.29, 0.717) is 4.90 Å². The molecule has 0 unspecified atom stereocenters. The van der Waals surface area contributed by atoms with Gasteiger partial charge in [0.1, 0.15) is 0 Å². The Morgan fingerprint density at radius 1 is 1.23 bits per heavy atom. The average Bonchev–Trinajstić information content (AvgIpc) is 2.19. The maximum absolute atomic E-state index is 10.2. The number of benzene rings is 1. The van der Waals surface area contributed by atoms with Gasteiger partial charge in [0.2, 0.25) is 0 Å². The predicted molar refractivity (Wildman–Crippen MR) is 55.5 cm³/mol. The smallest absolute Gasteiger partial charge is 0.168 e. The Bertz CT molecular complexity index is 273. The van der Waals surface area contributed by atoms with Crippen LogP contribution in [-0.4, -0.2) is 21.8 Å². The first-order chi connectivity index (χ1) is 6.22. The van der Waals surface area contributed by atoms with E-state index in [4.69, 9.17) is 0 Å². The van der Waals surface area contributed by atoms with Crippen LogP contribution in [0, 0.1) is 0 Å². The monoisotopic (exact) mass is 220 g/mol. The summed E-state index contributed by atoms with van der Waals surface area (Å²) in [5, 5.41) is 0. The van der Waals surface area contributed by atoms with Crippen LogP contribution in [0.1, 0.15) is 0 Å². The Morgan fingerprint density at radius 2 is 1.69 bits per heavy atom. The second-order valence-electron chi connectivity index (χ2n) is 1.93. The molecular weight excluding hydrogens is 208 g/mol. The third-order valence-electron chi connectivity index (χ3n) is 1.13. The molecule has 0 amide bonds. The molecule has 0 atom stereocenters. The molecule has 0 radical (unpaired) electrons. The van der Waals surface area contributed by atoms with Gasteiger partial charge in [0.25, 0.3) is 0 Å². The lowest BCUT2D eigenvalue weighted by atomic mass is 10.4. The maximum Gasteiger partial charge on any atom is 0.168 e. The number of hydrogen-bond acceptors (Lipinski definition) is 4. The van der Waals surface area contributed by atoms with Crippen LogP contribution in [-0.2, 0) is 14.9 Å². The van der Waals surface area contributed by atoms with Crippen LogP contribution in [0.5, 0.6) is 0 Å². The van der Waals surface area contributed by atoms with Crippen molar-refractivity contribution in [1.29, 1.82) is 0 Å². The van der Waals surface area contributed by atoms with Gasteiger partial charge in [-0.15, -0.1) is 0 Å². The summed E-state index contributed by atoms with van der Waals surface area (Å²) in [6.45, 7) is 0. The lowest BCUT2D eigenvalue weighted by Crippen LogP contribution is -1.75. The Hall–Kier alpha value is -0.520. The Kier molecular flexibility index (Phi) is 7.77. The molecule has 0 bridgehead atoms. The van der Waals surface area contributed by atoms with Gasteiger partial charge in [0, 0.05) is 6.26 Å². The zero-order valence-corrected chi connectivity index (χ0v) is 9.18. The molecule has 1 aromatic rings. The van der Waals surface area contributed by atoms with Gasteiger partial charge in [0.05, 0.1) is 12.0 Å². The second-order valence-corrected chi connectivity index (χ2v) is 3.62. The summed E-state index contributed by atoms with van der Waals surface area (Å²) in [4.78, 5) is 0.368. The van der Waals surface area contributed by atoms with Crippen LogP contribution in [0.2, 0.25) is 0 Å². The molecule has 0 saturated carbocycles. The van der Waals surface area contributed by atoms with Gasteiger partial charge in [0.15, 0.2) is 10.7 Å². The highest BCUT2D eigenvalue weighted by atomic mass is 32.2. The molecule has 3 nitrogen and oxygen atoms in total. The molecule has 1 rings (SSSR count). The molecule has 1 aromatic carbocycles. The molecule has 0 N–H and O–H groups in total. The van der Waals surface area contributed by atoms with Crippen molar-refractivity contribution in [3.63, 3.8) is 0 Å². The normalized spacial score (nSPS) is 9.15. The highest BCUT2D eigenvalue weighted by molar-refractivity contribution is 7.93. The highest BCUT2D eigenvalue weighted by Crippen LogP contribution is 1.97. The molecule has 5 heteroatoms. The summed E-state index contributed by atoms with van der Waals surface area (Å²) < 4.78 is 24.9. The Balaban J connectivity index is 0.000000310. The van der Waals surface area contributed by atoms with E-state index in [2.05, 4.69) is 4.18 Å². The van der Waals surface area contributed by atoms with Crippen LogP contribution in [0.25, 0.3) is 0 Å². The Labute approximate surface area is 84.3 Å². The minimum Gasteiger partial charge on any atom is -0.319 e. The molecular formula is C8H12O3S2. The van der Waals surface area contributed by atoms with Crippen LogP contribution >= 0.6 is 12.0 Å². The first kappa shape index (κ1) is 12.5. The minimum absolute atomic E-state index is 0.368. The average molecular weight is 220 g/mol. The topological polar surface area (TPSA) is 43.4 Å². The molecule has 0 heterocycles. The van der Waals surface area contributed by atoms with Gasteiger partial charge in [-0.25, -0.2) is 8.42 Å². The number of rotatable bonds is 2. The standard InChI is InChI=1S/C6H6O2S.C2H6OS/c7-9(8)6-4-2-1-3-5-6;1-3-4-2/h1-5,9H;1-2H3. The zero-order valence-electron chi connectivity index (χ0n) is 7.47. The summed E-state index contributed by atoms with van der Waals surface area (Å²) >= 11 is 1.36. The van der Waals surface area contributed by atoms with Crippen molar-refractivity contribution < 1.29 is 12.6 Å². The second kappa shape index (κ2) is 8.10. The fraction of sp³-hybridized carbons (Fsp3) is 0.250. The quantitative estimate of drug-likeness (QED) is 0.607. The third kappa shape index (κ3) is 6.62. The van der Waals surface area contributed by atoms with Gasteiger partial charge in [-0.3, -0.25) is 0 Å². The third-order valence-corrected chi connectivity index (χ3v) is 2.19. The molecule has 0 aromatic heterocycles. The first-order valence-corrected chi connectivity index (χ1v) is 5.81. The van der Waals surface area contributed by atoms with E-state index in [1.165, 1.54) is 12.0 Å². The van der Waals surface area contributed by atoms with Gasteiger partial charge < -0.3 is 4.18 Å². The molecule has 0 aliphatic rings. The summed E-state index contributed by atoms with van der Waals surface area (Å²) in [5.74, 6) is 0. The van der Waals surface area contributed by atoms with Crippen LogP contribution < -0.4 is 0 Å². The summed E-state index contributed by atoms with van der Waals surface area (Å²) in [5.41, 5.74) is 0. The van der Waals surface area contributed by atoms with Gasteiger partial charge in [-0.05, 0) is 24.2 Å². The van der Waals surface area contributed by atoms with E-state index in [1.807, 2.05) is 6.26 Å². The van der Waals surface area contributed by atoms with Crippen molar-refractivity contribution in [1.82, 2.24) is 0 Å². The summed E-state index contributed by atoms with van der Waals surface area (Å²) in [6, 6.07) is 8.29. The Morgan fingerprint density at radius 3 is 1.92 bits per heavy atom. The molecule has 0 aliphatic heterocycles. The number of thiol groups is 1. The molecule has 0 fully saturated rings. The van der Waals surface area contributed by atoms with E-state index >= 15 is 0 Å². The lowest BCUT2D eigenvalue weighted by molar-refractivity contribution is 0.493. The highest BCUT2D eigenvalue weighted by Gasteiger charge is 1.87.